The number of nitrogens with zero attached hydrogens (tertiary/aromatic N) is 1. The average Bonchev–Trinajstić information content (AvgIpc) is 2.89. The molecule has 1 atom stereocenters. The van der Waals surface area contributed by atoms with Crippen LogP contribution < -0.4 is 5.32 Å². The molecule has 1 aliphatic rings. The molecule has 1 heterocycles. The van der Waals surface area contributed by atoms with E-state index in [1.807, 2.05) is 11.8 Å². The van der Waals surface area contributed by atoms with Gasteiger partial charge in [-0.25, -0.2) is 4.39 Å². The van der Waals surface area contributed by atoms with Crippen molar-refractivity contribution in [2.45, 2.75) is 25.8 Å². The number of halogens is 1. The summed E-state index contributed by atoms with van der Waals surface area (Å²) >= 11 is 0. The van der Waals surface area contributed by atoms with Crippen molar-refractivity contribution in [2.24, 2.45) is 0 Å². The number of hydrogen-bond acceptors (Lipinski definition) is 2. The Balaban J connectivity index is 2.17. The molecule has 98 valence electrons. The van der Waals surface area contributed by atoms with E-state index in [-0.39, 0.29) is 17.8 Å². The molecule has 3 nitrogen and oxygen atoms in total. The van der Waals surface area contributed by atoms with Gasteiger partial charge in [0.25, 0.3) is 5.91 Å². The van der Waals surface area contributed by atoms with E-state index >= 15 is 0 Å². The van der Waals surface area contributed by atoms with Crippen LogP contribution >= 0.6 is 0 Å². The maximum absolute atomic E-state index is 13.2. The van der Waals surface area contributed by atoms with Crippen LogP contribution in [0.4, 0.5) is 4.39 Å². The summed E-state index contributed by atoms with van der Waals surface area (Å²) < 4.78 is 13.2. The van der Waals surface area contributed by atoms with E-state index in [9.17, 15) is 9.18 Å². The topological polar surface area (TPSA) is 32.3 Å². The number of carbonyl (C=O) groups is 1. The van der Waals surface area contributed by atoms with Gasteiger partial charge in [-0.3, -0.25) is 4.79 Å². The minimum atomic E-state index is -0.359. The standard InChI is InChI=1S/C14H19FN2O/c1-2-8-17(13-6-7-16-10-13)14(18)11-4-3-5-12(15)9-11/h3-5,9,13,16H,2,6-8,10H2,1H3. The van der Waals surface area contributed by atoms with Gasteiger partial charge >= 0.3 is 0 Å². The highest BCUT2D eigenvalue weighted by Gasteiger charge is 2.26. The van der Waals surface area contributed by atoms with Crippen molar-refractivity contribution < 1.29 is 9.18 Å². The van der Waals surface area contributed by atoms with Crippen molar-refractivity contribution in [3.8, 4) is 0 Å². The number of hydrogen-bond donors (Lipinski definition) is 1. The predicted molar refractivity (Wildman–Crippen MR) is 69.0 cm³/mol. The van der Waals surface area contributed by atoms with Crippen LogP contribution in [0, 0.1) is 5.82 Å². The van der Waals surface area contributed by atoms with E-state index < -0.39 is 0 Å². The summed E-state index contributed by atoms with van der Waals surface area (Å²) in [5.74, 6) is -0.424. The molecule has 0 radical (unpaired) electrons. The number of benzene rings is 1. The van der Waals surface area contributed by atoms with Gasteiger partial charge in [0.2, 0.25) is 0 Å². The second kappa shape index (κ2) is 5.96. The summed E-state index contributed by atoms with van der Waals surface area (Å²) in [6, 6.07) is 6.17. The van der Waals surface area contributed by atoms with Gasteiger partial charge in [-0.05, 0) is 37.6 Å². The molecule has 1 fully saturated rings. The molecule has 1 aromatic carbocycles. The molecule has 2 rings (SSSR count). The minimum Gasteiger partial charge on any atom is -0.334 e. The molecule has 0 spiro atoms. The van der Waals surface area contributed by atoms with Crippen LogP contribution in [0.1, 0.15) is 30.1 Å². The fraction of sp³-hybridized carbons (Fsp3) is 0.500. The second-order valence-electron chi connectivity index (χ2n) is 4.66. The average molecular weight is 250 g/mol. The normalized spacial score (nSPS) is 18.9. The summed E-state index contributed by atoms with van der Waals surface area (Å²) in [6.07, 6.45) is 1.89. The van der Waals surface area contributed by atoms with Crippen molar-refractivity contribution in [3.63, 3.8) is 0 Å². The fourth-order valence-corrected chi connectivity index (χ4v) is 2.38. The van der Waals surface area contributed by atoms with Crippen molar-refractivity contribution in [3.05, 3.63) is 35.6 Å². The van der Waals surface area contributed by atoms with E-state index in [1.54, 1.807) is 12.1 Å². The quantitative estimate of drug-likeness (QED) is 0.887. The van der Waals surface area contributed by atoms with Gasteiger partial charge in [-0.1, -0.05) is 13.0 Å². The van der Waals surface area contributed by atoms with Crippen molar-refractivity contribution in [2.75, 3.05) is 19.6 Å². The first-order valence-electron chi connectivity index (χ1n) is 6.49. The molecule has 1 aliphatic heterocycles. The van der Waals surface area contributed by atoms with Gasteiger partial charge in [0.05, 0.1) is 0 Å². The Kier molecular flexibility index (Phi) is 4.31. The molecule has 18 heavy (non-hydrogen) atoms. The van der Waals surface area contributed by atoms with Gasteiger partial charge in [0.15, 0.2) is 0 Å². The summed E-state index contributed by atoms with van der Waals surface area (Å²) in [5, 5.41) is 3.26. The lowest BCUT2D eigenvalue weighted by Gasteiger charge is -2.28. The van der Waals surface area contributed by atoms with Gasteiger partial charge in [-0.15, -0.1) is 0 Å². The molecule has 4 heteroatoms. The smallest absolute Gasteiger partial charge is 0.254 e. The lowest BCUT2D eigenvalue weighted by molar-refractivity contribution is 0.0692. The molecule has 0 saturated carbocycles. The van der Waals surface area contributed by atoms with E-state index in [4.69, 9.17) is 0 Å². The van der Waals surface area contributed by atoms with Gasteiger partial charge in [0, 0.05) is 24.7 Å². The van der Waals surface area contributed by atoms with Crippen LogP contribution in [0.15, 0.2) is 24.3 Å². The maximum atomic E-state index is 13.2. The van der Waals surface area contributed by atoms with Crippen LogP contribution in [-0.2, 0) is 0 Å². The van der Waals surface area contributed by atoms with Crippen LogP contribution in [0.3, 0.4) is 0 Å². The molecule has 0 bridgehead atoms. The molecule has 1 saturated heterocycles. The van der Waals surface area contributed by atoms with E-state index in [2.05, 4.69) is 5.32 Å². The fourth-order valence-electron chi connectivity index (χ4n) is 2.38. The highest BCUT2D eigenvalue weighted by atomic mass is 19.1. The minimum absolute atomic E-state index is 0.0648. The van der Waals surface area contributed by atoms with Gasteiger partial charge < -0.3 is 10.2 Å². The lowest BCUT2D eigenvalue weighted by Crippen LogP contribution is -2.42. The Labute approximate surface area is 107 Å². The molecular formula is C14H19FN2O. The molecular weight excluding hydrogens is 231 g/mol. The maximum Gasteiger partial charge on any atom is 0.254 e. The third-order valence-corrected chi connectivity index (χ3v) is 3.27. The van der Waals surface area contributed by atoms with Gasteiger partial charge in [-0.2, -0.15) is 0 Å². The summed E-state index contributed by atoms with van der Waals surface area (Å²) in [5.41, 5.74) is 0.440. The van der Waals surface area contributed by atoms with Crippen molar-refractivity contribution >= 4 is 5.91 Å². The number of amides is 1. The Morgan fingerprint density at radius 3 is 3.00 bits per heavy atom. The zero-order chi connectivity index (χ0) is 13.0. The molecule has 1 amide bonds. The number of nitrogens with one attached hydrogen (secondary N) is 1. The Morgan fingerprint density at radius 2 is 2.39 bits per heavy atom. The first-order chi connectivity index (χ1) is 8.72. The second-order valence-corrected chi connectivity index (χ2v) is 4.66. The first kappa shape index (κ1) is 13.0. The molecule has 1 N–H and O–H groups in total. The number of rotatable bonds is 4. The Bertz CT molecular complexity index is 416. The Morgan fingerprint density at radius 1 is 1.56 bits per heavy atom. The third kappa shape index (κ3) is 2.88. The number of carbonyl (C=O) groups excluding carboxylic acids is 1. The van der Waals surface area contributed by atoms with Crippen LogP contribution in [0.25, 0.3) is 0 Å². The van der Waals surface area contributed by atoms with Crippen molar-refractivity contribution in [1.29, 1.82) is 0 Å². The Hall–Kier alpha value is -1.42. The predicted octanol–water partition coefficient (Wildman–Crippen LogP) is 2.04. The highest BCUT2D eigenvalue weighted by molar-refractivity contribution is 5.94. The van der Waals surface area contributed by atoms with Gasteiger partial charge in [0.1, 0.15) is 5.82 Å². The zero-order valence-electron chi connectivity index (χ0n) is 10.7. The van der Waals surface area contributed by atoms with Crippen molar-refractivity contribution in [1.82, 2.24) is 10.2 Å². The van der Waals surface area contributed by atoms with Crippen LogP contribution in [0.5, 0.6) is 0 Å². The molecule has 1 unspecified atom stereocenters. The molecule has 0 aromatic heterocycles. The summed E-state index contributed by atoms with van der Waals surface area (Å²) in [4.78, 5) is 14.3. The van der Waals surface area contributed by atoms with E-state index in [1.165, 1.54) is 12.1 Å². The van der Waals surface area contributed by atoms with Crippen LogP contribution in [0.2, 0.25) is 0 Å². The van der Waals surface area contributed by atoms with E-state index in [0.29, 0.717) is 5.56 Å². The van der Waals surface area contributed by atoms with E-state index in [0.717, 1.165) is 32.5 Å². The third-order valence-electron chi connectivity index (χ3n) is 3.27. The largest absolute Gasteiger partial charge is 0.334 e. The SMILES string of the molecule is CCCN(C(=O)c1cccc(F)c1)C1CCNC1. The molecule has 0 aliphatic carbocycles. The van der Waals surface area contributed by atoms with Crippen LogP contribution in [-0.4, -0.2) is 36.5 Å². The first-order valence-corrected chi connectivity index (χ1v) is 6.49. The summed E-state index contributed by atoms with van der Waals surface area (Å²) in [6.45, 7) is 4.55. The highest BCUT2D eigenvalue weighted by Crippen LogP contribution is 2.14. The lowest BCUT2D eigenvalue weighted by atomic mass is 10.1. The molecule has 1 aromatic rings. The summed E-state index contributed by atoms with van der Waals surface area (Å²) in [7, 11) is 0. The zero-order valence-corrected chi connectivity index (χ0v) is 10.7. The monoisotopic (exact) mass is 250 g/mol.